The predicted octanol–water partition coefficient (Wildman–Crippen LogP) is 1.81. The van der Waals surface area contributed by atoms with Gasteiger partial charge in [0, 0.05) is 6.54 Å². The van der Waals surface area contributed by atoms with Crippen molar-refractivity contribution in [2.45, 2.75) is 12.8 Å². The summed E-state index contributed by atoms with van der Waals surface area (Å²) < 4.78 is 0. The minimum atomic E-state index is -0.666. The smallest absolute Gasteiger partial charge is 0.271 e. The molecule has 18 heavy (non-hydrogen) atoms. The molecular formula is C10H10ClN3O4. The molecule has 1 aliphatic rings. The molecule has 1 aliphatic heterocycles. The van der Waals surface area contributed by atoms with Gasteiger partial charge in [-0.2, -0.15) is 0 Å². The molecule has 0 aromatic carbocycles. The van der Waals surface area contributed by atoms with Crippen LogP contribution in [0, 0.1) is 10.1 Å². The SMILES string of the molecule is O=C(c1cc(Cl)ncc1[N+](=O)[O-])N1CCCCO1. The number of nitro groups is 1. The number of hydrogen-bond donors (Lipinski definition) is 0. The summed E-state index contributed by atoms with van der Waals surface area (Å²) in [5.74, 6) is -0.564. The summed E-state index contributed by atoms with van der Waals surface area (Å²) in [5, 5.41) is 12.0. The van der Waals surface area contributed by atoms with E-state index in [2.05, 4.69) is 4.98 Å². The van der Waals surface area contributed by atoms with Gasteiger partial charge in [-0.05, 0) is 18.9 Å². The molecule has 0 saturated carbocycles. The zero-order valence-electron chi connectivity index (χ0n) is 9.34. The normalized spacial score (nSPS) is 15.5. The van der Waals surface area contributed by atoms with E-state index >= 15 is 0 Å². The van der Waals surface area contributed by atoms with Crippen molar-refractivity contribution in [3.63, 3.8) is 0 Å². The third kappa shape index (κ3) is 2.57. The monoisotopic (exact) mass is 271 g/mol. The lowest BCUT2D eigenvalue weighted by Gasteiger charge is -2.25. The number of carbonyl (C=O) groups is 1. The Kier molecular flexibility index (Phi) is 3.73. The lowest BCUT2D eigenvalue weighted by molar-refractivity contribution is -0.385. The van der Waals surface area contributed by atoms with Crippen molar-refractivity contribution in [3.05, 3.63) is 33.1 Å². The maximum absolute atomic E-state index is 12.1. The fourth-order valence-electron chi connectivity index (χ4n) is 1.63. The van der Waals surface area contributed by atoms with Gasteiger partial charge in [0.25, 0.3) is 11.6 Å². The summed E-state index contributed by atoms with van der Waals surface area (Å²) in [6, 6.07) is 1.18. The van der Waals surface area contributed by atoms with Gasteiger partial charge < -0.3 is 0 Å². The summed E-state index contributed by atoms with van der Waals surface area (Å²) in [5.41, 5.74) is -0.486. The molecule has 0 aliphatic carbocycles. The molecule has 96 valence electrons. The first-order valence-electron chi connectivity index (χ1n) is 5.34. The Balaban J connectivity index is 2.33. The fourth-order valence-corrected chi connectivity index (χ4v) is 1.79. The summed E-state index contributed by atoms with van der Waals surface area (Å²) in [7, 11) is 0. The van der Waals surface area contributed by atoms with Gasteiger partial charge in [-0.1, -0.05) is 11.6 Å². The van der Waals surface area contributed by atoms with Gasteiger partial charge in [-0.3, -0.25) is 19.7 Å². The van der Waals surface area contributed by atoms with Crippen LogP contribution in [0.3, 0.4) is 0 Å². The summed E-state index contributed by atoms with van der Waals surface area (Å²) in [6.07, 6.45) is 2.64. The van der Waals surface area contributed by atoms with E-state index in [1.807, 2.05) is 0 Å². The predicted molar refractivity (Wildman–Crippen MR) is 62.1 cm³/mol. The van der Waals surface area contributed by atoms with Gasteiger partial charge in [0.05, 0.1) is 11.5 Å². The Morgan fingerprint density at radius 1 is 1.56 bits per heavy atom. The Morgan fingerprint density at radius 2 is 2.33 bits per heavy atom. The number of nitrogens with zero attached hydrogens (tertiary/aromatic N) is 3. The van der Waals surface area contributed by atoms with Crippen LogP contribution in [0.25, 0.3) is 0 Å². The third-order valence-electron chi connectivity index (χ3n) is 2.51. The lowest BCUT2D eigenvalue weighted by atomic mass is 10.2. The molecule has 0 N–H and O–H groups in total. The van der Waals surface area contributed by atoms with Crippen LogP contribution >= 0.6 is 11.6 Å². The van der Waals surface area contributed by atoms with Crippen LogP contribution in [-0.4, -0.2) is 34.0 Å². The van der Waals surface area contributed by atoms with E-state index in [1.165, 1.54) is 6.07 Å². The highest BCUT2D eigenvalue weighted by Crippen LogP contribution is 2.23. The first-order valence-corrected chi connectivity index (χ1v) is 5.72. The highest BCUT2D eigenvalue weighted by molar-refractivity contribution is 6.29. The minimum absolute atomic E-state index is 0.0287. The average Bonchev–Trinajstić information content (AvgIpc) is 2.38. The lowest BCUT2D eigenvalue weighted by Crippen LogP contribution is -2.36. The van der Waals surface area contributed by atoms with Crippen molar-refractivity contribution < 1.29 is 14.6 Å². The topological polar surface area (TPSA) is 85.6 Å². The van der Waals surface area contributed by atoms with E-state index in [0.717, 1.165) is 24.1 Å². The van der Waals surface area contributed by atoms with Crippen LogP contribution in [0.15, 0.2) is 12.3 Å². The van der Waals surface area contributed by atoms with Crippen LogP contribution in [0.4, 0.5) is 5.69 Å². The Labute approximate surface area is 107 Å². The second kappa shape index (κ2) is 5.28. The van der Waals surface area contributed by atoms with Crippen molar-refractivity contribution in [2.24, 2.45) is 0 Å². The van der Waals surface area contributed by atoms with E-state index in [-0.39, 0.29) is 16.4 Å². The zero-order valence-corrected chi connectivity index (χ0v) is 10.1. The van der Waals surface area contributed by atoms with Crippen molar-refractivity contribution in [2.75, 3.05) is 13.2 Å². The second-order valence-electron chi connectivity index (χ2n) is 3.73. The van der Waals surface area contributed by atoms with Crippen molar-refractivity contribution in [3.8, 4) is 0 Å². The fraction of sp³-hybridized carbons (Fsp3) is 0.400. The molecule has 8 heteroatoms. The van der Waals surface area contributed by atoms with E-state index in [0.29, 0.717) is 13.2 Å². The van der Waals surface area contributed by atoms with Crippen LogP contribution in [0.1, 0.15) is 23.2 Å². The molecule has 0 bridgehead atoms. The maximum atomic E-state index is 12.1. The van der Waals surface area contributed by atoms with Crippen LogP contribution in [-0.2, 0) is 4.84 Å². The maximum Gasteiger partial charge on any atom is 0.300 e. The highest BCUT2D eigenvalue weighted by atomic mass is 35.5. The molecule has 1 aromatic heterocycles. The number of halogens is 1. The number of carbonyl (C=O) groups excluding carboxylic acids is 1. The molecule has 1 amide bonds. The van der Waals surface area contributed by atoms with Gasteiger partial charge in [-0.25, -0.2) is 10.0 Å². The number of hydrogen-bond acceptors (Lipinski definition) is 5. The molecular weight excluding hydrogens is 262 g/mol. The molecule has 1 aromatic rings. The van der Waals surface area contributed by atoms with Crippen molar-refractivity contribution >= 4 is 23.2 Å². The largest absolute Gasteiger partial charge is 0.300 e. The summed E-state index contributed by atoms with van der Waals surface area (Å²) in [4.78, 5) is 31.0. The van der Waals surface area contributed by atoms with Gasteiger partial charge >= 0.3 is 0 Å². The van der Waals surface area contributed by atoms with E-state index in [4.69, 9.17) is 16.4 Å². The number of rotatable bonds is 2. The van der Waals surface area contributed by atoms with E-state index in [9.17, 15) is 14.9 Å². The minimum Gasteiger partial charge on any atom is -0.271 e. The van der Waals surface area contributed by atoms with Crippen molar-refractivity contribution in [1.29, 1.82) is 0 Å². The van der Waals surface area contributed by atoms with Crippen LogP contribution < -0.4 is 0 Å². The second-order valence-corrected chi connectivity index (χ2v) is 4.12. The molecule has 0 radical (unpaired) electrons. The quantitative estimate of drug-likeness (QED) is 0.465. The molecule has 7 nitrogen and oxygen atoms in total. The first kappa shape index (κ1) is 12.7. The van der Waals surface area contributed by atoms with E-state index < -0.39 is 10.8 Å². The molecule has 0 unspecified atom stereocenters. The molecule has 1 fully saturated rings. The third-order valence-corrected chi connectivity index (χ3v) is 2.71. The number of pyridine rings is 1. The van der Waals surface area contributed by atoms with Crippen LogP contribution in [0.2, 0.25) is 5.15 Å². The van der Waals surface area contributed by atoms with E-state index in [1.54, 1.807) is 0 Å². The Hall–Kier alpha value is -1.73. The molecule has 0 spiro atoms. The summed E-state index contributed by atoms with van der Waals surface area (Å²) in [6.45, 7) is 0.842. The van der Waals surface area contributed by atoms with Gasteiger partial charge in [-0.15, -0.1) is 0 Å². The van der Waals surface area contributed by atoms with Crippen molar-refractivity contribution in [1.82, 2.24) is 10.0 Å². The molecule has 2 heterocycles. The Morgan fingerprint density at radius 3 is 2.94 bits per heavy atom. The van der Waals surface area contributed by atoms with Gasteiger partial charge in [0.2, 0.25) is 0 Å². The van der Waals surface area contributed by atoms with Gasteiger partial charge in [0.1, 0.15) is 16.9 Å². The Bertz CT molecular complexity index is 488. The first-order chi connectivity index (χ1) is 8.59. The summed E-state index contributed by atoms with van der Waals surface area (Å²) >= 11 is 5.66. The standard InChI is InChI=1S/C10H10ClN3O4/c11-9-5-7(8(6-12-9)14(16)17)10(15)13-3-1-2-4-18-13/h5-6H,1-4H2. The van der Waals surface area contributed by atoms with Gasteiger partial charge in [0.15, 0.2) is 0 Å². The molecule has 0 atom stereocenters. The highest BCUT2D eigenvalue weighted by Gasteiger charge is 2.27. The average molecular weight is 272 g/mol. The number of hydroxylamine groups is 2. The number of aromatic nitrogens is 1. The zero-order chi connectivity index (χ0) is 13.1. The molecule has 2 rings (SSSR count). The van der Waals surface area contributed by atoms with Crippen LogP contribution in [0.5, 0.6) is 0 Å². The number of amides is 1. The molecule has 1 saturated heterocycles.